The summed E-state index contributed by atoms with van der Waals surface area (Å²) < 4.78 is 0. The molecule has 0 bridgehead atoms. The summed E-state index contributed by atoms with van der Waals surface area (Å²) >= 11 is 0. The summed E-state index contributed by atoms with van der Waals surface area (Å²) in [5, 5.41) is 6.01. The summed E-state index contributed by atoms with van der Waals surface area (Å²) in [5.41, 5.74) is 3.25. The highest BCUT2D eigenvalue weighted by Gasteiger charge is 2.30. The Kier molecular flexibility index (Phi) is 3.19. The second kappa shape index (κ2) is 4.85. The molecule has 1 amide bonds. The van der Waals surface area contributed by atoms with E-state index < -0.39 is 0 Å². The molecule has 2 aliphatic heterocycles. The first-order chi connectivity index (χ1) is 9.22. The van der Waals surface area contributed by atoms with Crippen LogP contribution in [0.15, 0.2) is 18.2 Å². The summed E-state index contributed by atoms with van der Waals surface area (Å²) in [6, 6.07) is 6.12. The van der Waals surface area contributed by atoms with Crippen molar-refractivity contribution in [1.29, 1.82) is 0 Å². The van der Waals surface area contributed by atoms with E-state index in [4.69, 9.17) is 0 Å². The third kappa shape index (κ3) is 2.10. The summed E-state index contributed by atoms with van der Waals surface area (Å²) in [5.74, 6) is 0.857. The molecule has 2 N–H and O–H groups in total. The Labute approximate surface area is 114 Å². The van der Waals surface area contributed by atoms with E-state index in [2.05, 4.69) is 40.7 Å². The van der Waals surface area contributed by atoms with Crippen LogP contribution in [0.2, 0.25) is 0 Å². The van der Waals surface area contributed by atoms with Gasteiger partial charge in [-0.2, -0.15) is 0 Å². The molecule has 4 heteroatoms. The Bertz CT molecular complexity index is 500. The quantitative estimate of drug-likeness (QED) is 0.874. The molecule has 2 aliphatic rings. The number of nitrogens with zero attached hydrogens (tertiary/aromatic N) is 1. The normalized spacial score (nSPS) is 25.6. The Morgan fingerprint density at radius 3 is 3.00 bits per heavy atom. The predicted molar refractivity (Wildman–Crippen MR) is 77.5 cm³/mol. The molecule has 0 saturated carbocycles. The van der Waals surface area contributed by atoms with E-state index in [1.54, 1.807) is 0 Å². The lowest BCUT2D eigenvalue weighted by atomic mass is 10.1. The first-order valence-corrected chi connectivity index (χ1v) is 7.10. The number of benzene rings is 1. The number of hydrogen-bond donors (Lipinski definition) is 2. The van der Waals surface area contributed by atoms with E-state index in [1.165, 1.54) is 18.5 Å². The standard InChI is InChI=1S/C15H21N3O/c1-3-10-6-7-18(9-10)11-4-5-12-13(8-11)17-15(19)14(12)16-2/h4-5,8,10,14,16H,3,6-7,9H2,1-2H3,(H,17,19). The minimum Gasteiger partial charge on any atom is -0.371 e. The number of carbonyl (C=O) groups excluding carboxylic acids is 1. The van der Waals surface area contributed by atoms with Crippen LogP contribution in [0, 0.1) is 5.92 Å². The molecule has 0 spiro atoms. The van der Waals surface area contributed by atoms with Gasteiger partial charge in [0.05, 0.1) is 0 Å². The van der Waals surface area contributed by atoms with Gasteiger partial charge in [0.15, 0.2) is 0 Å². The fraction of sp³-hybridized carbons (Fsp3) is 0.533. The lowest BCUT2D eigenvalue weighted by Gasteiger charge is -2.19. The van der Waals surface area contributed by atoms with Gasteiger partial charge in [0.25, 0.3) is 0 Å². The third-order valence-corrected chi connectivity index (χ3v) is 4.38. The molecule has 1 aromatic rings. The number of hydrogen-bond acceptors (Lipinski definition) is 3. The van der Waals surface area contributed by atoms with Crippen molar-refractivity contribution in [3.8, 4) is 0 Å². The summed E-state index contributed by atoms with van der Waals surface area (Å²) in [7, 11) is 1.82. The highest BCUT2D eigenvalue weighted by Crippen LogP contribution is 2.35. The van der Waals surface area contributed by atoms with Gasteiger partial charge in [0.1, 0.15) is 6.04 Å². The summed E-state index contributed by atoms with van der Waals surface area (Å²) in [4.78, 5) is 14.2. The van der Waals surface area contributed by atoms with E-state index in [9.17, 15) is 4.79 Å². The molecule has 4 nitrogen and oxygen atoms in total. The molecule has 19 heavy (non-hydrogen) atoms. The largest absolute Gasteiger partial charge is 0.371 e. The Balaban J connectivity index is 1.84. The van der Waals surface area contributed by atoms with Gasteiger partial charge in [-0.25, -0.2) is 0 Å². The van der Waals surface area contributed by atoms with Gasteiger partial charge in [-0.3, -0.25) is 4.79 Å². The van der Waals surface area contributed by atoms with Crippen molar-refractivity contribution in [2.75, 3.05) is 30.4 Å². The Hall–Kier alpha value is -1.55. The van der Waals surface area contributed by atoms with E-state index in [1.807, 2.05) is 7.05 Å². The Morgan fingerprint density at radius 2 is 2.32 bits per heavy atom. The molecule has 1 fully saturated rings. The van der Waals surface area contributed by atoms with Crippen LogP contribution in [0.5, 0.6) is 0 Å². The van der Waals surface area contributed by atoms with Gasteiger partial charge in [0, 0.05) is 30.0 Å². The average molecular weight is 259 g/mol. The van der Waals surface area contributed by atoms with Gasteiger partial charge >= 0.3 is 0 Å². The SMILES string of the molecule is CCC1CCN(c2ccc3c(c2)NC(=O)C3NC)C1. The highest BCUT2D eigenvalue weighted by molar-refractivity contribution is 6.03. The van der Waals surface area contributed by atoms with Crippen LogP contribution in [0.4, 0.5) is 11.4 Å². The summed E-state index contributed by atoms with van der Waals surface area (Å²) in [6.45, 7) is 4.52. The van der Waals surface area contributed by atoms with Crippen molar-refractivity contribution in [2.24, 2.45) is 5.92 Å². The monoisotopic (exact) mass is 259 g/mol. The number of amides is 1. The summed E-state index contributed by atoms with van der Waals surface area (Å²) in [6.07, 6.45) is 2.53. The molecule has 3 rings (SSSR count). The number of carbonyl (C=O) groups is 1. The first-order valence-electron chi connectivity index (χ1n) is 7.10. The smallest absolute Gasteiger partial charge is 0.246 e. The molecule has 0 aliphatic carbocycles. The van der Waals surface area contributed by atoms with Crippen molar-refractivity contribution in [3.63, 3.8) is 0 Å². The zero-order chi connectivity index (χ0) is 13.4. The molecule has 0 radical (unpaired) electrons. The second-order valence-corrected chi connectivity index (χ2v) is 5.49. The van der Waals surface area contributed by atoms with Crippen molar-refractivity contribution in [1.82, 2.24) is 5.32 Å². The minimum atomic E-state index is -0.203. The number of fused-ring (bicyclic) bond motifs is 1. The van der Waals surface area contributed by atoms with E-state index in [0.29, 0.717) is 0 Å². The maximum Gasteiger partial charge on any atom is 0.246 e. The lowest BCUT2D eigenvalue weighted by molar-refractivity contribution is -0.117. The van der Waals surface area contributed by atoms with Crippen LogP contribution in [0.3, 0.4) is 0 Å². The lowest BCUT2D eigenvalue weighted by Crippen LogP contribution is -2.23. The highest BCUT2D eigenvalue weighted by atomic mass is 16.2. The minimum absolute atomic E-state index is 0.0440. The number of nitrogens with one attached hydrogen (secondary N) is 2. The molecule has 0 aromatic heterocycles. The predicted octanol–water partition coefficient (Wildman–Crippen LogP) is 2.14. The number of anilines is 2. The van der Waals surface area contributed by atoms with E-state index in [0.717, 1.165) is 30.3 Å². The van der Waals surface area contributed by atoms with Crippen molar-refractivity contribution in [2.45, 2.75) is 25.8 Å². The van der Waals surface area contributed by atoms with Gasteiger partial charge < -0.3 is 15.5 Å². The Morgan fingerprint density at radius 1 is 1.47 bits per heavy atom. The zero-order valence-corrected chi connectivity index (χ0v) is 11.6. The molecule has 102 valence electrons. The first kappa shape index (κ1) is 12.5. The topological polar surface area (TPSA) is 44.4 Å². The fourth-order valence-electron chi connectivity index (χ4n) is 3.13. The van der Waals surface area contributed by atoms with E-state index in [-0.39, 0.29) is 11.9 Å². The maximum atomic E-state index is 11.8. The average Bonchev–Trinajstić information content (AvgIpc) is 3.00. The van der Waals surface area contributed by atoms with Crippen LogP contribution < -0.4 is 15.5 Å². The second-order valence-electron chi connectivity index (χ2n) is 5.49. The molecule has 2 heterocycles. The number of rotatable bonds is 3. The van der Waals surface area contributed by atoms with E-state index >= 15 is 0 Å². The van der Waals surface area contributed by atoms with Gasteiger partial charge in [-0.1, -0.05) is 19.4 Å². The van der Waals surface area contributed by atoms with Gasteiger partial charge in [-0.05, 0) is 31.5 Å². The zero-order valence-electron chi connectivity index (χ0n) is 11.6. The van der Waals surface area contributed by atoms with Crippen LogP contribution in [-0.4, -0.2) is 26.0 Å². The molecular weight excluding hydrogens is 238 g/mol. The van der Waals surface area contributed by atoms with Crippen molar-refractivity contribution < 1.29 is 4.79 Å². The van der Waals surface area contributed by atoms with Crippen LogP contribution in [0.1, 0.15) is 31.4 Å². The van der Waals surface area contributed by atoms with Crippen LogP contribution in [-0.2, 0) is 4.79 Å². The van der Waals surface area contributed by atoms with Crippen molar-refractivity contribution in [3.05, 3.63) is 23.8 Å². The molecule has 2 unspecified atom stereocenters. The van der Waals surface area contributed by atoms with Crippen LogP contribution >= 0.6 is 0 Å². The molecular formula is C15H21N3O. The number of likely N-dealkylation sites (N-methyl/N-ethyl adjacent to an activating group) is 1. The molecule has 2 atom stereocenters. The molecule has 1 aromatic carbocycles. The maximum absolute atomic E-state index is 11.8. The van der Waals surface area contributed by atoms with Crippen LogP contribution in [0.25, 0.3) is 0 Å². The third-order valence-electron chi connectivity index (χ3n) is 4.38. The fourth-order valence-corrected chi connectivity index (χ4v) is 3.13. The van der Waals surface area contributed by atoms with Gasteiger partial charge in [0.2, 0.25) is 5.91 Å². The van der Waals surface area contributed by atoms with Gasteiger partial charge in [-0.15, -0.1) is 0 Å². The van der Waals surface area contributed by atoms with Crippen molar-refractivity contribution >= 4 is 17.3 Å². The molecule has 1 saturated heterocycles.